The van der Waals surface area contributed by atoms with Gasteiger partial charge in [0.25, 0.3) is 0 Å². The maximum Gasteiger partial charge on any atom is 0.410 e. The third kappa shape index (κ3) is 7.53. The van der Waals surface area contributed by atoms with Gasteiger partial charge in [-0.1, -0.05) is 12.8 Å². The van der Waals surface area contributed by atoms with Crippen LogP contribution < -0.4 is 5.32 Å². The van der Waals surface area contributed by atoms with E-state index < -0.39 is 5.60 Å². The van der Waals surface area contributed by atoms with Gasteiger partial charge in [-0.2, -0.15) is 0 Å². The first kappa shape index (κ1) is 18.5. The average molecular weight is 326 g/mol. The molecule has 2 aliphatic rings. The van der Waals surface area contributed by atoms with Crippen molar-refractivity contribution in [2.75, 3.05) is 26.2 Å². The SMILES string of the molecule is CC(CC1CC1)NCCOC1CCN(C(=O)OC(C)(C)C)CC1. The lowest BCUT2D eigenvalue weighted by molar-refractivity contribution is -0.0107. The van der Waals surface area contributed by atoms with Gasteiger partial charge in [-0.15, -0.1) is 0 Å². The number of nitrogens with one attached hydrogen (secondary N) is 1. The number of rotatable bonds is 7. The van der Waals surface area contributed by atoms with E-state index in [0.717, 1.165) is 45.0 Å². The van der Waals surface area contributed by atoms with E-state index >= 15 is 0 Å². The molecule has 0 radical (unpaired) electrons. The van der Waals surface area contributed by atoms with E-state index in [1.807, 2.05) is 20.8 Å². The van der Waals surface area contributed by atoms with Crippen molar-refractivity contribution in [1.29, 1.82) is 0 Å². The fourth-order valence-electron chi connectivity index (χ4n) is 3.00. The van der Waals surface area contributed by atoms with E-state index in [4.69, 9.17) is 9.47 Å². The topological polar surface area (TPSA) is 50.8 Å². The van der Waals surface area contributed by atoms with Crippen LogP contribution in [-0.2, 0) is 9.47 Å². The molecule has 1 aliphatic carbocycles. The quantitative estimate of drug-likeness (QED) is 0.730. The molecule has 1 N–H and O–H groups in total. The minimum Gasteiger partial charge on any atom is -0.444 e. The lowest BCUT2D eigenvalue weighted by Crippen LogP contribution is -2.43. The van der Waals surface area contributed by atoms with Gasteiger partial charge < -0.3 is 19.7 Å². The first-order valence-corrected chi connectivity index (χ1v) is 9.16. The standard InChI is InChI=1S/C18H34N2O3/c1-14(13-15-5-6-15)19-9-12-22-16-7-10-20(11-8-16)17(21)23-18(2,3)4/h14-16,19H,5-13H2,1-4H3. The predicted octanol–water partition coefficient (Wildman–Crippen LogP) is 3.18. The lowest BCUT2D eigenvalue weighted by atomic mass is 10.1. The molecule has 5 heteroatoms. The molecule has 1 heterocycles. The van der Waals surface area contributed by atoms with Gasteiger partial charge in [-0.3, -0.25) is 0 Å². The van der Waals surface area contributed by atoms with Crippen LogP contribution in [-0.4, -0.2) is 55.0 Å². The van der Waals surface area contributed by atoms with E-state index in [0.29, 0.717) is 6.04 Å². The van der Waals surface area contributed by atoms with Crippen molar-refractivity contribution < 1.29 is 14.3 Å². The number of piperidine rings is 1. The van der Waals surface area contributed by atoms with Gasteiger partial charge in [0, 0.05) is 25.7 Å². The largest absolute Gasteiger partial charge is 0.444 e. The average Bonchev–Trinajstić information content (AvgIpc) is 3.26. The second kappa shape index (κ2) is 8.34. The first-order valence-electron chi connectivity index (χ1n) is 9.16. The van der Waals surface area contributed by atoms with Crippen molar-refractivity contribution in [1.82, 2.24) is 10.2 Å². The molecule has 5 nitrogen and oxygen atoms in total. The van der Waals surface area contributed by atoms with Crippen LogP contribution in [0.15, 0.2) is 0 Å². The molecule has 2 fully saturated rings. The second-order valence-electron chi connectivity index (χ2n) is 8.07. The second-order valence-corrected chi connectivity index (χ2v) is 8.07. The smallest absolute Gasteiger partial charge is 0.410 e. The Balaban J connectivity index is 1.53. The normalized spacial score (nSPS) is 21.3. The molecule has 0 spiro atoms. The number of nitrogens with zero attached hydrogens (tertiary/aromatic N) is 1. The highest BCUT2D eigenvalue weighted by Crippen LogP contribution is 2.33. The van der Waals surface area contributed by atoms with Gasteiger partial charge in [0.15, 0.2) is 0 Å². The summed E-state index contributed by atoms with van der Waals surface area (Å²) in [4.78, 5) is 13.8. The Morgan fingerprint density at radius 1 is 1.22 bits per heavy atom. The van der Waals surface area contributed by atoms with Crippen LogP contribution in [0.4, 0.5) is 4.79 Å². The monoisotopic (exact) mass is 326 g/mol. The molecule has 2 rings (SSSR count). The van der Waals surface area contributed by atoms with Gasteiger partial charge in [0.05, 0.1) is 12.7 Å². The van der Waals surface area contributed by atoms with Crippen molar-refractivity contribution in [3.8, 4) is 0 Å². The number of hydrogen-bond acceptors (Lipinski definition) is 4. The predicted molar refractivity (Wildman–Crippen MR) is 91.6 cm³/mol. The molecule has 1 aliphatic heterocycles. The minimum absolute atomic E-state index is 0.202. The first-order chi connectivity index (χ1) is 10.8. The van der Waals surface area contributed by atoms with Gasteiger partial charge in [0.1, 0.15) is 5.60 Å². The summed E-state index contributed by atoms with van der Waals surface area (Å²) < 4.78 is 11.4. The Morgan fingerprint density at radius 2 is 1.87 bits per heavy atom. The molecule has 1 unspecified atom stereocenters. The fourth-order valence-corrected chi connectivity index (χ4v) is 3.00. The number of carbonyl (C=O) groups is 1. The van der Waals surface area contributed by atoms with Crippen LogP contribution >= 0.6 is 0 Å². The minimum atomic E-state index is -0.423. The van der Waals surface area contributed by atoms with E-state index in [1.54, 1.807) is 4.90 Å². The molecule has 23 heavy (non-hydrogen) atoms. The fraction of sp³-hybridized carbons (Fsp3) is 0.944. The Hall–Kier alpha value is -0.810. The summed E-state index contributed by atoms with van der Waals surface area (Å²) in [7, 11) is 0. The summed E-state index contributed by atoms with van der Waals surface area (Å²) in [6.07, 6.45) is 6.00. The summed E-state index contributed by atoms with van der Waals surface area (Å²) in [6, 6.07) is 0.597. The van der Waals surface area contributed by atoms with Crippen LogP contribution in [0.2, 0.25) is 0 Å². The number of carbonyl (C=O) groups excluding carboxylic acids is 1. The van der Waals surface area contributed by atoms with Crippen molar-refractivity contribution in [3.63, 3.8) is 0 Å². The van der Waals surface area contributed by atoms with Gasteiger partial charge in [-0.25, -0.2) is 4.79 Å². The molecular weight excluding hydrogens is 292 g/mol. The summed E-state index contributed by atoms with van der Waals surface area (Å²) in [5, 5.41) is 3.54. The molecule has 0 aromatic heterocycles. The zero-order valence-electron chi connectivity index (χ0n) is 15.3. The van der Waals surface area contributed by atoms with Gasteiger partial charge >= 0.3 is 6.09 Å². The van der Waals surface area contributed by atoms with E-state index in [9.17, 15) is 4.79 Å². The summed E-state index contributed by atoms with van der Waals surface area (Å²) >= 11 is 0. The molecule has 1 amide bonds. The van der Waals surface area contributed by atoms with E-state index in [1.165, 1.54) is 19.3 Å². The van der Waals surface area contributed by atoms with Crippen LogP contribution in [0, 0.1) is 5.92 Å². The maximum absolute atomic E-state index is 12.0. The molecule has 1 saturated carbocycles. The highest BCUT2D eigenvalue weighted by Gasteiger charge is 2.27. The van der Waals surface area contributed by atoms with Crippen LogP contribution in [0.3, 0.4) is 0 Å². The highest BCUT2D eigenvalue weighted by molar-refractivity contribution is 5.68. The zero-order chi connectivity index (χ0) is 16.9. The molecular formula is C18H34N2O3. The Labute approximate surface area is 141 Å². The third-order valence-electron chi connectivity index (χ3n) is 4.43. The molecule has 0 aromatic rings. The van der Waals surface area contributed by atoms with Crippen molar-refractivity contribution in [2.45, 2.75) is 77.5 Å². The Kier molecular flexibility index (Phi) is 6.72. The number of likely N-dealkylation sites (tertiary alicyclic amines) is 1. The zero-order valence-corrected chi connectivity index (χ0v) is 15.3. The third-order valence-corrected chi connectivity index (χ3v) is 4.43. The molecule has 0 aromatic carbocycles. The number of hydrogen-bond donors (Lipinski definition) is 1. The molecule has 134 valence electrons. The maximum atomic E-state index is 12.0. The van der Waals surface area contributed by atoms with Crippen LogP contribution in [0.25, 0.3) is 0 Å². The molecule has 1 atom stereocenters. The van der Waals surface area contributed by atoms with Crippen molar-refractivity contribution >= 4 is 6.09 Å². The lowest BCUT2D eigenvalue weighted by Gasteiger charge is -2.33. The van der Waals surface area contributed by atoms with Crippen LogP contribution in [0.5, 0.6) is 0 Å². The highest BCUT2D eigenvalue weighted by atomic mass is 16.6. The summed E-state index contributed by atoms with van der Waals surface area (Å²) in [5.41, 5.74) is -0.423. The Morgan fingerprint density at radius 3 is 2.43 bits per heavy atom. The molecule has 0 bridgehead atoms. The molecule has 1 saturated heterocycles. The summed E-state index contributed by atoms with van der Waals surface area (Å²) in [5.74, 6) is 0.968. The Bertz CT molecular complexity index is 369. The van der Waals surface area contributed by atoms with Crippen molar-refractivity contribution in [2.24, 2.45) is 5.92 Å². The number of amides is 1. The van der Waals surface area contributed by atoms with Crippen molar-refractivity contribution in [3.05, 3.63) is 0 Å². The summed E-state index contributed by atoms with van der Waals surface area (Å²) in [6.45, 7) is 11.1. The van der Waals surface area contributed by atoms with Gasteiger partial charge in [0.2, 0.25) is 0 Å². The van der Waals surface area contributed by atoms with E-state index in [2.05, 4.69) is 12.2 Å². The van der Waals surface area contributed by atoms with Gasteiger partial charge in [-0.05, 0) is 52.9 Å². The number of ether oxygens (including phenoxy) is 2. The van der Waals surface area contributed by atoms with Crippen LogP contribution in [0.1, 0.15) is 59.8 Å². The van der Waals surface area contributed by atoms with E-state index in [-0.39, 0.29) is 12.2 Å².